The van der Waals surface area contributed by atoms with Gasteiger partial charge in [-0.3, -0.25) is 4.79 Å². The summed E-state index contributed by atoms with van der Waals surface area (Å²) < 4.78 is 9.84. The van der Waals surface area contributed by atoms with E-state index in [2.05, 4.69) is 0 Å². The van der Waals surface area contributed by atoms with Crippen LogP contribution in [0.5, 0.6) is 0 Å². The van der Waals surface area contributed by atoms with Crippen LogP contribution in [0.2, 0.25) is 0 Å². The molecule has 2 bridgehead atoms. The van der Waals surface area contributed by atoms with Crippen LogP contribution in [0.4, 0.5) is 0 Å². The molecule has 0 saturated heterocycles. The molecular formula is C12H18O3. The maximum absolute atomic E-state index is 10.7. The van der Waals surface area contributed by atoms with E-state index in [0.29, 0.717) is 0 Å². The van der Waals surface area contributed by atoms with Crippen LogP contribution < -0.4 is 0 Å². The summed E-state index contributed by atoms with van der Waals surface area (Å²) in [4.78, 5) is 10.7. The van der Waals surface area contributed by atoms with Crippen molar-refractivity contribution in [3.8, 4) is 0 Å². The van der Waals surface area contributed by atoms with Gasteiger partial charge in [-0.25, -0.2) is 0 Å². The Balaban J connectivity index is 0.000000158. The van der Waals surface area contributed by atoms with Crippen LogP contribution in [-0.4, -0.2) is 12.1 Å². The zero-order valence-electron chi connectivity index (χ0n) is 9.74. The van der Waals surface area contributed by atoms with E-state index >= 15 is 0 Å². The highest BCUT2D eigenvalue weighted by Crippen LogP contribution is 2.21. The van der Waals surface area contributed by atoms with E-state index in [9.17, 15) is 4.79 Å². The van der Waals surface area contributed by atoms with E-state index in [0.717, 1.165) is 17.9 Å². The van der Waals surface area contributed by atoms with Crippen molar-refractivity contribution in [2.24, 2.45) is 5.92 Å². The first-order valence-corrected chi connectivity index (χ1v) is 5.27. The van der Waals surface area contributed by atoms with Gasteiger partial charge in [-0.1, -0.05) is 13.8 Å². The van der Waals surface area contributed by atoms with Crippen LogP contribution in [-0.2, 0) is 16.0 Å². The molecule has 0 amide bonds. The average molecular weight is 210 g/mol. The number of carbonyl (C=O) groups is 1. The predicted molar refractivity (Wildman–Crippen MR) is 57.6 cm³/mol. The molecule has 1 aromatic rings. The minimum absolute atomic E-state index is 0.00704. The molecule has 0 spiro atoms. The van der Waals surface area contributed by atoms with Crippen LogP contribution >= 0.6 is 0 Å². The Bertz CT molecular complexity index is 299. The molecule has 0 saturated carbocycles. The van der Waals surface area contributed by atoms with Crippen LogP contribution in [0.15, 0.2) is 16.5 Å². The number of esters is 1. The minimum atomic E-state index is -0.120. The highest BCUT2D eigenvalue weighted by Gasteiger charge is 2.12. The SMILES string of the molecule is CC(C)OC(=O)C(C)C.c1cc2oc1C2. The Morgan fingerprint density at radius 1 is 1.27 bits per heavy atom. The normalized spacial score (nSPS) is 11.9. The molecule has 84 valence electrons. The van der Waals surface area contributed by atoms with Crippen molar-refractivity contribution in [2.45, 2.75) is 40.2 Å². The Kier molecular flexibility index (Phi) is 3.95. The van der Waals surface area contributed by atoms with Gasteiger partial charge in [-0.2, -0.15) is 0 Å². The van der Waals surface area contributed by atoms with E-state index in [1.54, 1.807) is 0 Å². The van der Waals surface area contributed by atoms with Crippen molar-refractivity contribution >= 4 is 5.97 Å². The van der Waals surface area contributed by atoms with Gasteiger partial charge < -0.3 is 9.15 Å². The van der Waals surface area contributed by atoms with Gasteiger partial charge in [0.2, 0.25) is 0 Å². The highest BCUT2D eigenvalue weighted by molar-refractivity contribution is 5.71. The summed E-state index contributed by atoms with van der Waals surface area (Å²) in [6.07, 6.45) is 1.10. The van der Waals surface area contributed by atoms with Gasteiger partial charge in [-0.05, 0) is 26.0 Å². The summed E-state index contributed by atoms with van der Waals surface area (Å²) in [5, 5.41) is 0. The van der Waals surface area contributed by atoms with Crippen LogP contribution in [0, 0.1) is 5.92 Å². The van der Waals surface area contributed by atoms with Crippen LogP contribution in [0.1, 0.15) is 39.2 Å². The number of furan rings is 1. The van der Waals surface area contributed by atoms with E-state index in [1.165, 1.54) is 0 Å². The van der Waals surface area contributed by atoms with Crippen molar-refractivity contribution in [3.63, 3.8) is 0 Å². The first kappa shape index (κ1) is 11.8. The summed E-state index contributed by atoms with van der Waals surface area (Å²) >= 11 is 0. The summed E-state index contributed by atoms with van der Waals surface area (Å²) in [5.74, 6) is 2.13. The number of carbonyl (C=O) groups excluding carboxylic acids is 1. The number of hydrogen-bond donors (Lipinski definition) is 0. The molecule has 1 aliphatic carbocycles. The van der Waals surface area contributed by atoms with Gasteiger partial charge >= 0.3 is 5.97 Å². The van der Waals surface area contributed by atoms with Crippen molar-refractivity contribution in [3.05, 3.63) is 23.7 Å². The molecule has 0 atom stereocenters. The quantitative estimate of drug-likeness (QED) is 0.715. The molecule has 3 rings (SSSR count). The molecule has 2 aliphatic rings. The molecule has 0 unspecified atom stereocenters. The second-order valence-corrected chi connectivity index (χ2v) is 4.19. The molecule has 2 heterocycles. The van der Waals surface area contributed by atoms with E-state index in [-0.39, 0.29) is 18.0 Å². The number of ether oxygens (including phenoxy) is 1. The Labute approximate surface area is 90.4 Å². The average Bonchev–Trinajstić information content (AvgIpc) is 2.62. The van der Waals surface area contributed by atoms with E-state index < -0.39 is 0 Å². The largest absolute Gasteiger partial charge is 0.465 e. The van der Waals surface area contributed by atoms with Crippen LogP contribution in [0.3, 0.4) is 0 Å². The summed E-state index contributed by atoms with van der Waals surface area (Å²) in [6.45, 7) is 7.34. The van der Waals surface area contributed by atoms with Crippen molar-refractivity contribution in [1.82, 2.24) is 0 Å². The van der Waals surface area contributed by atoms with Gasteiger partial charge in [0.15, 0.2) is 0 Å². The first-order chi connectivity index (χ1) is 6.99. The Hall–Kier alpha value is -1.25. The zero-order valence-corrected chi connectivity index (χ0v) is 9.74. The fourth-order valence-corrected chi connectivity index (χ4v) is 1.07. The van der Waals surface area contributed by atoms with Crippen molar-refractivity contribution in [2.75, 3.05) is 0 Å². The maximum Gasteiger partial charge on any atom is 0.308 e. The maximum atomic E-state index is 10.7. The number of hydrogen-bond acceptors (Lipinski definition) is 3. The fourth-order valence-electron chi connectivity index (χ4n) is 1.07. The molecule has 0 radical (unpaired) electrons. The fraction of sp³-hybridized carbons (Fsp3) is 0.583. The lowest BCUT2D eigenvalue weighted by molar-refractivity contribution is -0.151. The lowest BCUT2D eigenvalue weighted by atomic mass is 10.2. The van der Waals surface area contributed by atoms with Crippen molar-refractivity contribution in [1.29, 1.82) is 0 Å². The van der Waals surface area contributed by atoms with Gasteiger partial charge in [0.05, 0.1) is 18.4 Å². The molecule has 1 aromatic heterocycles. The molecule has 0 fully saturated rings. The first-order valence-electron chi connectivity index (χ1n) is 5.27. The standard InChI is InChI=1S/C7H14O2.C5H4O/c1-5(2)7(8)9-6(3)4;1-2-5-3-4(1)6-5/h5-6H,1-4H3;1-2H,3H2. The lowest BCUT2D eigenvalue weighted by Gasteiger charge is -2.08. The molecule has 15 heavy (non-hydrogen) atoms. The Morgan fingerprint density at radius 3 is 1.87 bits per heavy atom. The van der Waals surface area contributed by atoms with Crippen molar-refractivity contribution < 1.29 is 13.9 Å². The number of rotatable bonds is 2. The molecule has 0 N–H and O–H groups in total. The monoisotopic (exact) mass is 210 g/mol. The second kappa shape index (κ2) is 5.01. The van der Waals surface area contributed by atoms with E-state index in [4.69, 9.17) is 9.15 Å². The van der Waals surface area contributed by atoms with Gasteiger partial charge in [0.25, 0.3) is 0 Å². The predicted octanol–water partition coefficient (Wildman–Crippen LogP) is 2.78. The third-order valence-corrected chi connectivity index (χ3v) is 1.89. The molecular weight excluding hydrogens is 192 g/mol. The smallest absolute Gasteiger partial charge is 0.308 e. The lowest BCUT2D eigenvalue weighted by Crippen LogP contribution is -2.16. The molecule has 1 aliphatic heterocycles. The minimum Gasteiger partial charge on any atom is -0.465 e. The van der Waals surface area contributed by atoms with Gasteiger partial charge in [0.1, 0.15) is 11.5 Å². The third kappa shape index (κ3) is 3.78. The highest BCUT2D eigenvalue weighted by atomic mass is 16.5. The summed E-state index contributed by atoms with van der Waals surface area (Å²) in [5.41, 5.74) is 0. The topological polar surface area (TPSA) is 39.4 Å². The van der Waals surface area contributed by atoms with Gasteiger partial charge in [-0.15, -0.1) is 0 Å². The Morgan fingerprint density at radius 2 is 1.73 bits per heavy atom. The number of fused-ring (bicyclic) bond motifs is 1. The van der Waals surface area contributed by atoms with Crippen LogP contribution in [0.25, 0.3) is 0 Å². The van der Waals surface area contributed by atoms with E-state index in [1.807, 2.05) is 39.8 Å². The zero-order chi connectivity index (χ0) is 11.4. The third-order valence-electron chi connectivity index (χ3n) is 1.89. The molecule has 0 aromatic carbocycles. The molecule has 3 nitrogen and oxygen atoms in total. The molecule has 3 heteroatoms. The van der Waals surface area contributed by atoms with Gasteiger partial charge in [0, 0.05) is 0 Å². The summed E-state index contributed by atoms with van der Waals surface area (Å²) in [6, 6.07) is 4.02. The second-order valence-electron chi connectivity index (χ2n) is 4.19. The summed E-state index contributed by atoms with van der Waals surface area (Å²) in [7, 11) is 0.